The summed E-state index contributed by atoms with van der Waals surface area (Å²) in [6, 6.07) is 2.29. The maximum Gasteiger partial charge on any atom is 0.305 e. The first-order valence-corrected chi connectivity index (χ1v) is 7.89. The van der Waals surface area contributed by atoms with Gasteiger partial charge in [0.1, 0.15) is 6.10 Å². The fourth-order valence-corrected chi connectivity index (χ4v) is 3.20. The summed E-state index contributed by atoms with van der Waals surface area (Å²) in [5.41, 5.74) is -1.11. The average Bonchev–Trinajstić information content (AvgIpc) is 2.45. The number of carbonyl (C=O) groups excluding carboxylic acids is 2. The van der Waals surface area contributed by atoms with Crippen molar-refractivity contribution >= 4 is 11.9 Å². The molecule has 1 aliphatic rings. The third-order valence-corrected chi connectivity index (χ3v) is 4.29. The Morgan fingerprint density at radius 2 is 1.95 bits per heavy atom. The SMILES string of the molecule is CCC(=O)OC1CCCCC[C@@H](CC)[C@@]1(C#N)NC(C)=O. The van der Waals surface area contributed by atoms with Gasteiger partial charge in [0.2, 0.25) is 5.91 Å². The molecule has 1 rings (SSSR count). The van der Waals surface area contributed by atoms with E-state index in [1.807, 2.05) is 6.92 Å². The van der Waals surface area contributed by atoms with E-state index < -0.39 is 11.6 Å². The Kier molecular flexibility index (Phi) is 6.67. The molecule has 1 amide bonds. The lowest BCUT2D eigenvalue weighted by Crippen LogP contribution is -2.61. The molecule has 1 unspecified atom stereocenters. The van der Waals surface area contributed by atoms with Crippen LogP contribution >= 0.6 is 0 Å². The van der Waals surface area contributed by atoms with Crippen molar-refractivity contribution < 1.29 is 14.3 Å². The van der Waals surface area contributed by atoms with Crippen LogP contribution in [0, 0.1) is 17.2 Å². The second-order valence-corrected chi connectivity index (χ2v) is 5.74. The van der Waals surface area contributed by atoms with E-state index in [0.717, 1.165) is 32.1 Å². The van der Waals surface area contributed by atoms with E-state index in [4.69, 9.17) is 4.74 Å². The zero-order chi connectivity index (χ0) is 15.9. The molecule has 1 aliphatic carbocycles. The topological polar surface area (TPSA) is 79.2 Å². The summed E-state index contributed by atoms with van der Waals surface area (Å²) >= 11 is 0. The van der Waals surface area contributed by atoms with E-state index >= 15 is 0 Å². The molecule has 0 saturated heterocycles. The third-order valence-electron chi connectivity index (χ3n) is 4.29. The fourth-order valence-electron chi connectivity index (χ4n) is 3.20. The normalized spacial score (nSPS) is 29.6. The van der Waals surface area contributed by atoms with Gasteiger partial charge in [0, 0.05) is 13.3 Å². The average molecular weight is 294 g/mol. The molecule has 0 aliphatic heterocycles. The van der Waals surface area contributed by atoms with Crippen molar-refractivity contribution in [2.24, 2.45) is 5.92 Å². The molecule has 0 aromatic rings. The number of nitrogens with one attached hydrogen (secondary N) is 1. The molecule has 1 fully saturated rings. The highest BCUT2D eigenvalue weighted by atomic mass is 16.5. The second-order valence-electron chi connectivity index (χ2n) is 5.74. The van der Waals surface area contributed by atoms with Crippen LogP contribution in [0.5, 0.6) is 0 Å². The van der Waals surface area contributed by atoms with Gasteiger partial charge < -0.3 is 10.1 Å². The van der Waals surface area contributed by atoms with Crippen LogP contribution in [0.4, 0.5) is 0 Å². The smallest absolute Gasteiger partial charge is 0.305 e. The maximum atomic E-state index is 11.7. The Morgan fingerprint density at radius 3 is 2.48 bits per heavy atom. The van der Waals surface area contributed by atoms with E-state index in [2.05, 4.69) is 11.4 Å². The third kappa shape index (κ3) is 4.20. The highest BCUT2D eigenvalue weighted by Gasteiger charge is 2.48. The first-order chi connectivity index (χ1) is 10.00. The molecule has 0 aromatic heterocycles. The number of ether oxygens (including phenoxy) is 1. The Morgan fingerprint density at radius 1 is 1.29 bits per heavy atom. The number of nitriles is 1. The summed E-state index contributed by atoms with van der Waals surface area (Å²) in [4.78, 5) is 23.4. The van der Waals surface area contributed by atoms with Crippen molar-refractivity contribution in [2.45, 2.75) is 77.4 Å². The number of nitrogens with zero attached hydrogens (tertiary/aromatic N) is 1. The van der Waals surface area contributed by atoms with Gasteiger partial charge in [-0.05, 0) is 31.6 Å². The Bertz CT molecular complexity index is 416. The molecule has 0 radical (unpaired) electrons. The molecule has 1 saturated carbocycles. The predicted molar refractivity (Wildman–Crippen MR) is 79.2 cm³/mol. The number of hydrogen-bond acceptors (Lipinski definition) is 4. The Balaban J connectivity index is 3.17. The van der Waals surface area contributed by atoms with E-state index in [9.17, 15) is 14.9 Å². The summed E-state index contributed by atoms with van der Waals surface area (Å²) < 4.78 is 5.54. The van der Waals surface area contributed by atoms with Crippen molar-refractivity contribution in [3.63, 3.8) is 0 Å². The standard InChI is InChI=1S/C16H26N2O3/c1-4-13-9-7-6-8-10-14(21-15(20)5-2)16(13,11-17)18-12(3)19/h13-14H,4-10H2,1-3H3,(H,18,19)/t13-,14?,16-/m1/s1. The van der Waals surface area contributed by atoms with Gasteiger partial charge in [0.05, 0.1) is 6.07 Å². The van der Waals surface area contributed by atoms with Crippen LogP contribution in [-0.2, 0) is 14.3 Å². The van der Waals surface area contributed by atoms with Crippen LogP contribution in [0.2, 0.25) is 0 Å². The van der Waals surface area contributed by atoms with Gasteiger partial charge in [0.25, 0.3) is 0 Å². The minimum absolute atomic E-state index is 0.00126. The lowest BCUT2D eigenvalue weighted by atomic mass is 9.72. The maximum absolute atomic E-state index is 11.7. The summed E-state index contributed by atoms with van der Waals surface area (Å²) in [5.74, 6) is -0.574. The molecular formula is C16H26N2O3. The van der Waals surface area contributed by atoms with E-state index in [1.165, 1.54) is 6.92 Å². The summed E-state index contributed by atoms with van der Waals surface area (Å²) in [6.07, 6.45) is 4.97. The zero-order valence-electron chi connectivity index (χ0n) is 13.3. The van der Waals surface area contributed by atoms with Crippen molar-refractivity contribution in [2.75, 3.05) is 0 Å². The molecule has 0 bridgehead atoms. The fraction of sp³-hybridized carbons (Fsp3) is 0.812. The molecule has 5 nitrogen and oxygen atoms in total. The number of hydrogen-bond donors (Lipinski definition) is 1. The van der Waals surface area contributed by atoms with Gasteiger partial charge in [0.15, 0.2) is 5.54 Å². The molecule has 0 spiro atoms. The quantitative estimate of drug-likeness (QED) is 0.808. The molecule has 1 N–H and O–H groups in total. The minimum atomic E-state index is -1.11. The lowest BCUT2D eigenvalue weighted by molar-refractivity contribution is -0.155. The van der Waals surface area contributed by atoms with Gasteiger partial charge in [-0.25, -0.2) is 0 Å². The summed E-state index contributed by atoms with van der Waals surface area (Å²) in [6.45, 7) is 5.15. The van der Waals surface area contributed by atoms with Gasteiger partial charge >= 0.3 is 5.97 Å². The molecular weight excluding hydrogens is 268 g/mol. The Labute approximate surface area is 127 Å². The minimum Gasteiger partial charge on any atom is -0.459 e. The van der Waals surface area contributed by atoms with E-state index in [1.54, 1.807) is 6.92 Å². The van der Waals surface area contributed by atoms with Gasteiger partial charge in [-0.1, -0.05) is 26.7 Å². The first kappa shape index (κ1) is 17.5. The highest BCUT2D eigenvalue weighted by molar-refractivity contribution is 5.75. The van der Waals surface area contributed by atoms with Crippen LogP contribution in [0.1, 0.15) is 65.7 Å². The van der Waals surface area contributed by atoms with Crippen LogP contribution in [-0.4, -0.2) is 23.5 Å². The van der Waals surface area contributed by atoms with Crippen LogP contribution < -0.4 is 5.32 Å². The molecule has 3 atom stereocenters. The first-order valence-electron chi connectivity index (χ1n) is 7.89. The molecule has 0 heterocycles. The second kappa shape index (κ2) is 8.02. The molecule has 0 aromatic carbocycles. The van der Waals surface area contributed by atoms with Crippen LogP contribution in [0.3, 0.4) is 0 Å². The number of carbonyl (C=O) groups is 2. The van der Waals surface area contributed by atoms with Crippen LogP contribution in [0.15, 0.2) is 0 Å². The zero-order valence-corrected chi connectivity index (χ0v) is 13.3. The molecule has 21 heavy (non-hydrogen) atoms. The number of esters is 1. The van der Waals surface area contributed by atoms with E-state index in [-0.39, 0.29) is 24.2 Å². The predicted octanol–water partition coefficient (Wildman–Crippen LogP) is 2.70. The van der Waals surface area contributed by atoms with Gasteiger partial charge in [-0.15, -0.1) is 0 Å². The molecule has 118 valence electrons. The largest absolute Gasteiger partial charge is 0.459 e. The number of amides is 1. The van der Waals surface area contributed by atoms with Gasteiger partial charge in [-0.2, -0.15) is 5.26 Å². The summed E-state index contributed by atoms with van der Waals surface area (Å²) in [5, 5.41) is 12.6. The lowest BCUT2D eigenvalue weighted by Gasteiger charge is -2.42. The van der Waals surface area contributed by atoms with Crippen molar-refractivity contribution in [3.8, 4) is 6.07 Å². The van der Waals surface area contributed by atoms with Crippen molar-refractivity contribution in [1.82, 2.24) is 5.32 Å². The Hall–Kier alpha value is -1.57. The molecule has 5 heteroatoms. The van der Waals surface area contributed by atoms with Crippen molar-refractivity contribution in [1.29, 1.82) is 5.26 Å². The monoisotopic (exact) mass is 294 g/mol. The highest BCUT2D eigenvalue weighted by Crippen LogP contribution is 2.35. The summed E-state index contributed by atoms with van der Waals surface area (Å²) in [7, 11) is 0. The van der Waals surface area contributed by atoms with E-state index in [0.29, 0.717) is 6.42 Å². The van der Waals surface area contributed by atoms with Gasteiger partial charge in [-0.3, -0.25) is 9.59 Å². The van der Waals surface area contributed by atoms with Crippen molar-refractivity contribution in [3.05, 3.63) is 0 Å². The van der Waals surface area contributed by atoms with Crippen LogP contribution in [0.25, 0.3) is 0 Å². The number of rotatable bonds is 4.